The molecule has 88 valence electrons. The molecule has 0 bridgehead atoms. The minimum atomic E-state index is 0.369. The van der Waals surface area contributed by atoms with Crippen molar-refractivity contribution in [2.45, 2.75) is 38.8 Å². The largest absolute Gasteiger partial charge is 0.383 e. The summed E-state index contributed by atoms with van der Waals surface area (Å²) < 4.78 is 5.07. The van der Waals surface area contributed by atoms with E-state index in [1.165, 1.54) is 12.8 Å². The molecule has 0 atom stereocenters. The minimum absolute atomic E-state index is 0.369. The van der Waals surface area contributed by atoms with Crippen LogP contribution in [-0.2, 0) is 4.74 Å². The van der Waals surface area contributed by atoms with E-state index in [2.05, 4.69) is 29.2 Å². The van der Waals surface area contributed by atoms with E-state index >= 15 is 0 Å². The van der Waals surface area contributed by atoms with Crippen LogP contribution < -0.4 is 11.3 Å². The number of ether oxygens (including phenoxy) is 1. The lowest BCUT2D eigenvalue weighted by molar-refractivity contribution is 0.165. The van der Waals surface area contributed by atoms with Gasteiger partial charge in [0.1, 0.15) is 0 Å². The highest BCUT2D eigenvalue weighted by Gasteiger charge is 2.23. The average Bonchev–Trinajstić information content (AvgIpc) is 3.00. The molecule has 0 radical (unpaired) electrons. The topological polar surface area (TPSA) is 62.9 Å². The molecule has 5 heteroatoms. The van der Waals surface area contributed by atoms with Gasteiger partial charge in [-0.1, -0.05) is 0 Å². The van der Waals surface area contributed by atoms with Crippen molar-refractivity contribution >= 4 is 5.96 Å². The van der Waals surface area contributed by atoms with Crippen LogP contribution in [0.3, 0.4) is 0 Å². The van der Waals surface area contributed by atoms with Gasteiger partial charge in [0.15, 0.2) is 0 Å². The summed E-state index contributed by atoms with van der Waals surface area (Å²) in [5.41, 5.74) is 2.68. The van der Waals surface area contributed by atoms with Gasteiger partial charge in [0, 0.05) is 19.7 Å². The summed E-state index contributed by atoms with van der Waals surface area (Å²) >= 11 is 0. The van der Waals surface area contributed by atoms with Gasteiger partial charge in [0.05, 0.1) is 12.6 Å². The van der Waals surface area contributed by atoms with Gasteiger partial charge in [-0.25, -0.2) is 10.8 Å². The summed E-state index contributed by atoms with van der Waals surface area (Å²) in [7, 11) is 1.70. The van der Waals surface area contributed by atoms with E-state index < -0.39 is 0 Å². The molecule has 3 N–H and O–H groups in total. The zero-order chi connectivity index (χ0) is 11.3. The normalized spacial score (nSPS) is 17.0. The standard InChI is InChI=1S/C10H22N4O/c1-8(2)14(6-7-15-3)10(13-11)12-9-4-5-9/h8-9H,4-7,11H2,1-3H3,(H,12,13). The molecule has 1 aliphatic carbocycles. The van der Waals surface area contributed by atoms with Crippen LogP contribution in [0.15, 0.2) is 4.99 Å². The predicted molar refractivity (Wildman–Crippen MR) is 61.5 cm³/mol. The Morgan fingerprint density at radius 3 is 2.67 bits per heavy atom. The molecular formula is C10H22N4O. The van der Waals surface area contributed by atoms with E-state index in [0.29, 0.717) is 18.7 Å². The van der Waals surface area contributed by atoms with Crippen LogP contribution in [-0.4, -0.2) is 43.2 Å². The fourth-order valence-electron chi connectivity index (χ4n) is 1.37. The second-order valence-corrected chi connectivity index (χ2v) is 4.11. The van der Waals surface area contributed by atoms with Gasteiger partial charge < -0.3 is 9.64 Å². The highest BCUT2D eigenvalue weighted by molar-refractivity contribution is 5.80. The molecule has 1 saturated carbocycles. The lowest BCUT2D eigenvalue weighted by atomic mass is 10.3. The third-order valence-electron chi connectivity index (χ3n) is 2.41. The second-order valence-electron chi connectivity index (χ2n) is 4.11. The number of aliphatic imine (C=N–C) groups is 1. The SMILES string of the molecule is COCCN(C(=NC1CC1)NN)C(C)C. The van der Waals surface area contributed by atoms with Gasteiger partial charge in [0.25, 0.3) is 0 Å². The van der Waals surface area contributed by atoms with Crippen molar-refractivity contribution in [3.8, 4) is 0 Å². The van der Waals surface area contributed by atoms with Crippen LogP contribution in [0.25, 0.3) is 0 Å². The molecule has 0 aliphatic heterocycles. The number of nitrogens with one attached hydrogen (secondary N) is 1. The van der Waals surface area contributed by atoms with Crippen molar-refractivity contribution < 1.29 is 4.74 Å². The van der Waals surface area contributed by atoms with Gasteiger partial charge in [-0.15, -0.1) is 0 Å². The third-order valence-corrected chi connectivity index (χ3v) is 2.41. The molecular weight excluding hydrogens is 192 g/mol. The number of nitrogens with two attached hydrogens (primary N) is 1. The molecule has 0 aromatic rings. The van der Waals surface area contributed by atoms with Crippen LogP contribution >= 0.6 is 0 Å². The van der Waals surface area contributed by atoms with Gasteiger partial charge in [-0.2, -0.15) is 0 Å². The fraction of sp³-hybridized carbons (Fsp3) is 0.900. The van der Waals surface area contributed by atoms with Crippen LogP contribution in [0.1, 0.15) is 26.7 Å². The third kappa shape index (κ3) is 4.05. The average molecular weight is 214 g/mol. The lowest BCUT2D eigenvalue weighted by Crippen LogP contribution is -2.49. The van der Waals surface area contributed by atoms with Gasteiger partial charge in [-0.05, 0) is 26.7 Å². The second kappa shape index (κ2) is 5.92. The highest BCUT2D eigenvalue weighted by atomic mass is 16.5. The molecule has 15 heavy (non-hydrogen) atoms. The maximum Gasteiger partial charge on any atom is 0.208 e. The molecule has 5 nitrogen and oxygen atoms in total. The van der Waals surface area contributed by atoms with Crippen LogP contribution in [0, 0.1) is 0 Å². The first kappa shape index (κ1) is 12.3. The summed E-state index contributed by atoms with van der Waals surface area (Å²) in [4.78, 5) is 6.66. The Bertz CT molecular complexity index is 213. The van der Waals surface area contributed by atoms with E-state index in [4.69, 9.17) is 10.6 Å². The highest BCUT2D eigenvalue weighted by Crippen LogP contribution is 2.23. The Morgan fingerprint density at radius 2 is 2.27 bits per heavy atom. The Hall–Kier alpha value is -0.810. The van der Waals surface area contributed by atoms with Crippen molar-refractivity contribution in [1.29, 1.82) is 0 Å². The Morgan fingerprint density at radius 1 is 1.60 bits per heavy atom. The number of guanidine groups is 1. The van der Waals surface area contributed by atoms with E-state index in [1.54, 1.807) is 7.11 Å². The summed E-state index contributed by atoms with van der Waals surface area (Å²) in [6, 6.07) is 0.841. The summed E-state index contributed by atoms with van der Waals surface area (Å²) in [6.07, 6.45) is 2.36. The molecule has 0 spiro atoms. The zero-order valence-corrected chi connectivity index (χ0v) is 9.86. The van der Waals surface area contributed by atoms with Gasteiger partial charge in [0.2, 0.25) is 5.96 Å². The van der Waals surface area contributed by atoms with Crippen molar-refractivity contribution in [3.63, 3.8) is 0 Å². The van der Waals surface area contributed by atoms with Crippen LogP contribution in [0.4, 0.5) is 0 Å². The van der Waals surface area contributed by atoms with E-state index in [-0.39, 0.29) is 0 Å². The van der Waals surface area contributed by atoms with Gasteiger partial charge in [-0.3, -0.25) is 5.43 Å². The first-order valence-corrected chi connectivity index (χ1v) is 5.49. The molecule has 1 fully saturated rings. The number of hydrazine groups is 1. The van der Waals surface area contributed by atoms with Gasteiger partial charge >= 0.3 is 0 Å². The molecule has 0 aromatic carbocycles. The maximum absolute atomic E-state index is 5.50. The Labute approximate surface area is 91.6 Å². The molecule has 0 amide bonds. The lowest BCUT2D eigenvalue weighted by Gasteiger charge is -2.29. The summed E-state index contributed by atoms with van der Waals surface area (Å²) in [5, 5.41) is 0. The fourth-order valence-corrected chi connectivity index (χ4v) is 1.37. The first-order chi connectivity index (χ1) is 7.19. The Balaban J connectivity index is 2.57. The van der Waals surface area contributed by atoms with Crippen molar-refractivity contribution in [3.05, 3.63) is 0 Å². The summed E-state index contributed by atoms with van der Waals surface area (Å²) in [6.45, 7) is 5.73. The minimum Gasteiger partial charge on any atom is -0.383 e. The number of hydrogen-bond acceptors (Lipinski definition) is 3. The number of nitrogens with zero attached hydrogens (tertiary/aromatic N) is 2. The first-order valence-electron chi connectivity index (χ1n) is 5.49. The molecule has 0 heterocycles. The van der Waals surface area contributed by atoms with Crippen molar-refractivity contribution in [1.82, 2.24) is 10.3 Å². The van der Waals surface area contributed by atoms with E-state index in [9.17, 15) is 0 Å². The molecule has 0 aromatic heterocycles. The molecule has 1 rings (SSSR count). The molecule has 0 unspecified atom stereocenters. The summed E-state index contributed by atoms with van der Waals surface area (Å²) in [5.74, 6) is 6.28. The number of methoxy groups -OCH3 is 1. The van der Waals surface area contributed by atoms with E-state index in [1.807, 2.05) is 0 Å². The monoisotopic (exact) mass is 214 g/mol. The number of hydrogen-bond donors (Lipinski definition) is 2. The molecule has 1 aliphatic rings. The van der Waals surface area contributed by atoms with Crippen LogP contribution in [0.2, 0.25) is 0 Å². The zero-order valence-electron chi connectivity index (χ0n) is 9.86. The number of rotatable bonds is 5. The van der Waals surface area contributed by atoms with E-state index in [0.717, 1.165) is 12.5 Å². The van der Waals surface area contributed by atoms with Crippen LogP contribution in [0.5, 0.6) is 0 Å². The maximum atomic E-state index is 5.50. The quantitative estimate of drug-likeness (QED) is 0.299. The molecule has 0 saturated heterocycles. The van der Waals surface area contributed by atoms with Crippen molar-refractivity contribution in [2.75, 3.05) is 20.3 Å². The Kier molecular flexibility index (Phi) is 4.84. The van der Waals surface area contributed by atoms with Crippen molar-refractivity contribution in [2.24, 2.45) is 10.8 Å². The predicted octanol–water partition coefficient (Wildman–Crippen LogP) is 0.325. The smallest absolute Gasteiger partial charge is 0.208 e.